The van der Waals surface area contributed by atoms with E-state index in [-0.39, 0.29) is 0 Å². The fourth-order valence-electron chi connectivity index (χ4n) is 0.600. The second-order valence-electron chi connectivity index (χ2n) is 2.45. The van der Waals surface area contributed by atoms with Crippen LogP contribution in [0, 0.1) is 11.3 Å². The van der Waals surface area contributed by atoms with Crippen molar-refractivity contribution in [2.24, 2.45) is 0 Å². The Morgan fingerprint density at radius 2 is 2.00 bits per heavy atom. The minimum atomic E-state index is 0.534. The smallest absolute Gasteiger partial charge is 0.0988 e. The maximum absolute atomic E-state index is 8.48. The first kappa shape index (κ1) is 9.71. The van der Waals surface area contributed by atoms with Crippen molar-refractivity contribution in [3.05, 3.63) is 35.5 Å². The van der Waals surface area contributed by atoms with E-state index < -0.39 is 0 Å². The second kappa shape index (κ2) is 4.51. The first-order chi connectivity index (χ1) is 5.11. The van der Waals surface area contributed by atoms with Crippen LogP contribution in [0.5, 0.6) is 0 Å². The molecule has 0 aromatic heterocycles. The molecule has 0 spiro atoms. The fraction of sp³-hybridized carbons (Fsp3) is 0.300. The van der Waals surface area contributed by atoms with Gasteiger partial charge in [0.25, 0.3) is 0 Å². The van der Waals surface area contributed by atoms with Gasteiger partial charge in [0.2, 0.25) is 0 Å². The molecule has 0 aliphatic carbocycles. The first-order valence-corrected chi connectivity index (χ1v) is 3.52. The van der Waals surface area contributed by atoms with Crippen LogP contribution in [-0.4, -0.2) is 0 Å². The van der Waals surface area contributed by atoms with Crippen molar-refractivity contribution < 1.29 is 0 Å². The molecule has 0 amide bonds. The molecule has 0 aromatic carbocycles. The zero-order valence-electron chi connectivity index (χ0n) is 7.31. The van der Waals surface area contributed by atoms with E-state index in [1.807, 2.05) is 39.0 Å². The highest BCUT2D eigenvalue weighted by atomic mass is 14.2. The van der Waals surface area contributed by atoms with E-state index in [0.717, 1.165) is 11.1 Å². The van der Waals surface area contributed by atoms with E-state index in [0.29, 0.717) is 5.57 Å². The Hall–Kier alpha value is -1.29. The van der Waals surface area contributed by atoms with E-state index in [1.54, 1.807) is 0 Å². The van der Waals surface area contributed by atoms with Crippen LogP contribution < -0.4 is 0 Å². The van der Waals surface area contributed by atoms with E-state index in [4.69, 9.17) is 5.26 Å². The molecule has 11 heavy (non-hydrogen) atoms. The number of nitriles is 1. The van der Waals surface area contributed by atoms with Gasteiger partial charge in [-0.1, -0.05) is 24.3 Å². The molecule has 0 saturated carbocycles. The summed E-state index contributed by atoms with van der Waals surface area (Å²) in [6, 6.07) is 2.00. The monoisotopic (exact) mass is 147 g/mol. The summed E-state index contributed by atoms with van der Waals surface area (Å²) < 4.78 is 0. The largest absolute Gasteiger partial charge is 0.192 e. The Bertz CT molecular complexity index is 249. The Labute approximate surface area is 68.3 Å². The quantitative estimate of drug-likeness (QED) is 0.435. The van der Waals surface area contributed by atoms with Gasteiger partial charge in [-0.05, 0) is 26.3 Å². The summed E-state index contributed by atoms with van der Waals surface area (Å²) in [5.74, 6) is 0. The molecule has 1 heteroatoms. The third-order valence-corrected chi connectivity index (χ3v) is 1.51. The lowest BCUT2D eigenvalue weighted by Crippen LogP contribution is -1.79. The molecular formula is C10H13N. The van der Waals surface area contributed by atoms with E-state index in [2.05, 4.69) is 6.58 Å². The summed E-state index contributed by atoms with van der Waals surface area (Å²) in [6.07, 6.45) is 3.94. The molecule has 0 fully saturated rings. The van der Waals surface area contributed by atoms with Gasteiger partial charge in [-0.25, -0.2) is 0 Å². The maximum atomic E-state index is 8.48. The lowest BCUT2D eigenvalue weighted by molar-refractivity contribution is 1.37. The highest BCUT2D eigenvalue weighted by Gasteiger charge is 1.92. The third-order valence-electron chi connectivity index (χ3n) is 1.51. The van der Waals surface area contributed by atoms with Gasteiger partial charge in [0, 0.05) is 5.57 Å². The zero-order valence-corrected chi connectivity index (χ0v) is 7.31. The van der Waals surface area contributed by atoms with Crippen LogP contribution >= 0.6 is 0 Å². The van der Waals surface area contributed by atoms with Gasteiger partial charge in [-0.3, -0.25) is 0 Å². The average Bonchev–Trinajstić information content (AvgIpc) is 2.02. The molecule has 0 bridgehead atoms. The average molecular weight is 147 g/mol. The number of rotatable bonds is 2. The number of hydrogen-bond donors (Lipinski definition) is 0. The van der Waals surface area contributed by atoms with Gasteiger partial charge in [0.1, 0.15) is 0 Å². The number of nitrogens with zero attached hydrogens (tertiary/aromatic N) is 1. The standard InChI is InChI=1S/C10H13N/c1-5-8(2)6-9(3)10(4)7-11/h5-6H,4H2,1-3H3/b8-5-,9-6-. The summed E-state index contributed by atoms with van der Waals surface area (Å²) >= 11 is 0. The molecule has 0 radical (unpaired) electrons. The van der Waals surface area contributed by atoms with Crippen molar-refractivity contribution in [2.75, 3.05) is 0 Å². The molecular weight excluding hydrogens is 134 g/mol. The summed E-state index contributed by atoms with van der Waals surface area (Å²) in [4.78, 5) is 0. The predicted molar refractivity (Wildman–Crippen MR) is 47.9 cm³/mol. The molecule has 0 aliphatic heterocycles. The molecule has 0 aromatic rings. The highest BCUT2D eigenvalue weighted by molar-refractivity contribution is 5.41. The molecule has 0 saturated heterocycles. The van der Waals surface area contributed by atoms with Crippen LogP contribution in [0.25, 0.3) is 0 Å². The first-order valence-electron chi connectivity index (χ1n) is 3.52. The van der Waals surface area contributed by atoms with Gasteiger partial charge in [0.15, 0.2) is 0 Å². The van der Waals surface area contributed by atoms with Crippen LogP contribution in [0.2, 0.25) is 0 Å². The van der Waals surface area contributed by atoms with Crippen molar-refractivity contribution in [2.45, 2.75) is 20.8 Å². The summed E-state index contributed by atoms with van der Waals surface area (Å²) in [7, 11) is 0. The van der Waals surface area contributed by atoms with Gasteiger partial charge >= 0.3 is 0 Å². The molecule has 0 N–H and O–H groups in total. The number of hydrogen-bond acceptors (Lipinski definition) is 1. The molecule has 0 rings (SSSR count). The van der Waals surface area contributed by atoms with Crippen LogP contribution in [0.1, 0.15) is 20.8 Å². The summed E-state index contributed by atoms with van der Waals surface area (Å²) in [6.45, 7) is 9.45. The third kappa shape index (κ3) is 3.42. The Morgan fingerprint density at radius 1 is 1.45 bits per heavy atom. The normalized spacial score (nSPS) is 12.5. The molecule has 0 heterocycles. The lowest BCUT2D eigenvalue weighted by Gasteiger charge is -1.95. The Morgan fingerprint density at radius 3 is 2.36 bits per heavy atom. The van der Waals surface area contributed by atoms with Crippen molar-refractivity contribution in [1.29, 1.82) is 5.26 Å². The van der Waals surface area contributed by atoms with E-state index in [1.165, 1.54) is 0 Å². The van der Waals surface area contributed by atoms with Crippen molar-refractivity contribution in [3.63, 3.8) is 0 Å². The second-order valence-corrected chi connectivity index (χ2v) is 2.45. The van der Waals surface area contributed by atoms with Gasteiger partial charge in [0.05, 0.1) is 6.07 Å². The fourth-order valence-corrected chi connectivity index (χ4v) is 0.600. The molecule has 0 aliphatic rings. The zero-order chi connectivity index (χ0) is 8.85. The molecule has 0 unspecified atom stereocenters. The summed E-state index contributed by atoms with van der Waals surface area (Å²) in [5, 5.41) is 8.48. The van der Waals surface area contributed by atoms with Crippen LogP contribution in [0.4, 0.5) is 0 Å². The SMILES string of the molecule is C=C(C#N)/C(C)=C\C(C)=C/C. The van der Waals surface area contributed by atoms with Crippen LogP contribution in [0.3, 0.4) is 0 Å². The lowest BCUT2D eigenvalue weighted by atomic mass is 10.1. The van der Waals surface area contributed by atoms with Gasteiger partial charge in [-0.2, -0.15) is 5.26 Å². The molecule has 1 nitrogen and oxygen atoms in total. The van der Waals surface area contributed by atoms with Crippen LogP contribution in [0.15, 0.2) is 35.5 Å². The molecule has 0 atom stereocenters. The van der Waals surface area contributed by atoms with Gasteiger partial charge < -0.3 is 0 Å². The van der Waals surface area contributed by atoms with E-state index in [9.17, 15) is 0 Å². The number of allylic oxidation sites excluding steroid dienone is 5. The van der Waals surface area contributed by atoms with Crippen LogP contribution in [-0.2, 0) is 0 Å². The Kier molecular flexibility index (Phi) is 3.98. The molecule has 58 valence electrons. The van der Waals surface area contributed by atoms with E-state index >= 15 is 0 Å². The van der Waals surface area contributed by atoms with Gasteiger partial charge in [-0.15, -0.1) is 0 Å². The Balaban J connectivity index is 4.50. The topological polar surface area (TPSA) is 23.8 Å². The maximum Gasteiger partial charge on any atom is 0.0988 e. The van der Waals surface area contributed by atoms with Crippen molar-refractivity contribution in [3.8, 4) is 6.07 Å². The highest BCUT2D eigenvalue weighted by Crippen LogP contribution is 2.08. The summed E-state index contributed by atoms with van der Waals surface area (Å²) in [5.41, 5.74) is 2.62. The minimum absolute atomic E-state index is 0.534. The predicted octanol–water partition coefficient (Wildman–Crippen LogP) is 2.98. The minimum Gasteiger partial charge on any atom is -0.192 e. The van der Waals surface area contributed by atoms with Crippen molar-refractivity contribution >= 4 is 0 Å². The van der Waals surface area contributed by atoms with Crippen molar-refractivity contribution in [1.82, 2.24) is 0 Å².